The van der Waals surface area contributed by atoms with E-state index in [0.717, 1.165) is 33.1 Å². The number of ether oxygens (including phenoxy) is 1. The third kappa shape index (κ3) is 2.23. The van der Waals surface area contributed by atoms with E-state index in [1.807, 2.05) is 48.8 Å². The van der Waals surface area contributed by atoms with Crippen molar-refractivity contribution in [1.29, 1.82) is 0 Å². The maximum atomic E-state index is 5.92. The van der Waals surface area contributed by atoms with Crippen molar-refractivity contribution in [1.82, 2.24) is 9.97 Å². The summed E-state index contributed by atoms with van der Waals surface area (Å²) in [7, 11) is 0. The highest BCUT2D eigenvalue weighted by Gasteiger charge is 2.03. The van der Waals surface area contributed by atoms with Crippen molar-refractivity contribution >= 4 is 21.8 Å². The standard InChI is InChI=1S/C18H14N2O/c1-3-13-5-2-9-20-18(13)15(4-1)12-21-16-6-7-17-14(11-16)8-10-19-17/h1-11,19H,12H2. The highest BCUT2D eigenvalue weighted by atomic mass is 16.5. The second-order valence-corrected chi connectivity index (χ2v) is 5.01. The molecule has 0 radical (unpaired) electrons. The van der Waals surface area contributed by atoms with Crippen LogP contribution in [-0.4, -0.2) is 9.97 Å². The molecule has 0 saturated heterocycles. The Balaban J connectivity index is 1.63. The Morgan fingerprint density at radius 3 is 2.90 bits per heavy atom. The van der Waals surface area contributed by atoms with Gasteiger partial charge >= 0.3 is 0 Å². The molecule has 0 aliphatic carbocycles. The van der Waals surface area contributed by atoms with Gasteiger partial charge in [0.2, 0.25) is 0 Å². The minimum atomic E-state index is 0.518. The fourth-order valence-corrected chi connectivity index (χ4v) is 2.57. The molecule has 4 rings (SSSR count). The van der Waals surface area contributed by atoms with Gasteiger partial charge in [-0.25, -0.2) is 0 Å². The number of para-hydroxylation sites is 1. The van der Waals surface area contributed by atoms with Crippen molar-refractivity contribution < 1.29 is 4.74 Å². The van der Waals surface area contributed by atoms with Gasteiger partial charge in [0.1, 0.15) is 12.4 Å². The third-order valence-corrected chi connectivity index (χ3v) is 3.64. The first-order chi connectivity index (χ1) is 10.4. The second kappa shape index (κ2) is 4.94. The maximum Gasteiger partial charge on any atom is 0.120 e. The SMILES string of the molecule is c1cnc2c(COc3ccc4[nH]ccc4c3)cccc2c1. The van der Waals surface area contributed by atoms with Crippen molar-refractivity contribution in [2.24, 2.45) is 0 Å². The van der Waals surface area contributed by atoms with Crippen LogP contribution in [0.4, 0.5) is 0 Å². The van der Waals surface area contributed by atoms with Gasteiger partial charge < -0.3 is 9.72 Å². The first-order valence-corrected chi connectivity index (χ1v) is 6.93. The predicted molar refractivity (Wildman–Crippen MR) is 84.4 cm³/mol. The molecule has 0 bridgehead atoms. The number of benzene rings is 2. The molecule has 0 fully saturated rings. The van der Waals surface area contributed by atoms with E-state index in [-0.39, 0.29) is 0 Å². The Hall–Kier alpha value is -2.81. The number of rotatable bonds is 3. The first kappa shape index (κ1) is 12.0. The second-order valence-electron chi connectivity index (χ2n) is 5.01. The number of H-pyrrole nitrogens is 1. The highest BCUT2D eigenvalue weighted by molar-refractivity contribution is 5.82. The quantitative estimate of drug-likeness (QED) is 0.605. The summed E-state index contributed by atoms with van der Waals surface area (Å²) in [5.41, 5.74) is 3.22. The molecule has 2 heterocycles. The zero-order valence-corrected chi connectivity index (χ0v) is 11.4. The van der Waals surface area contributed by atoms with E-state index in [0.29, 0.717) is 6.61 Å². The van der Waals surface area contributed by atoms with Crippen molar-refractivity contribution in [2.45, 2.75) is 6.61 Å². The van der Waals surface area contributed by atoms with Crippen molar-refractivity contribution in [3.8, 4) is 5.75 Å². The lowest BCUT2D eigenvalue weighted by molar-refractivity contribution is 0.308. The minimum absolute atomic E-state index is 0.518. The number of aromatic amines is 1. The molecule has 21 heavy (non-hydrogen) atoms. The van der Waals surface area contributed by atoms with Crippen LogP contribution in [0.1, 0.15) is 5.56 Å². The molecular formula is C18H14N2O. The van der Waals surface area contributed by atoms with Crippen molar-refractivity contribution in [3.63, 3.8) is 0 Å². The van der Waals surface area contributed by atoms with Gasteiger partial charge in [0.15, 0.2) is 0 Å². The van der Waals surface area contributed by atoms with Gasteiger partial charge in [-0.3, -0.25) is 4.98 Å². The molecule has 0 aliphatic rings. The predicted octanol–water partition coefficient (Wildman–Crippen LogP) is 4.30. The van der Waals surface area contributed by atoms with Gasteiger partial charge in [-0.15, -0.1) is 0 Å². The van der Waals surface area contributed by atoms with Crippen LogP contribution in [0.15, 0.2) is 67.0 Å². The van der Waals surface area contributed by atoms with E-state index in [4.69, 9.17) is 4.74 Å². The van der Waals surface area contributed by atoms with E-state index in [1.54, 1.807) is 0 Å². The number of aromatic nitrogens is 2. The fourth-order valence-electron chi connectivity index (χ4n) is 2.57. The third-order valence-electron chi connectivity index (χ3n) is 3.64. The Morgan fingerprint density at radius 2 is 1.90 bits per heavy atom. The van der Waals surface area contributed by atoms with Crippen LogP contribution in [-0.2, 0) is 6.61 Å². The van der Waals surface area contributed by atoms with E-state index >= 15 is 0 Å². The molecule has 3 nitrogen and oxygen atoms in total. The highest BCUT2D eigenvalue weighted by Crippen LogP contribution is 2.22. The number of hydrogen-bond acceptors (Lipinski definition) is 2. The number of nitrogens with zero attached hydrogens (tertiary/aromatic N) is 1. The Bertz CT molecular complexity index is 906. The largest absolute Gasteiger partial charge is 0.489 e. The molecule has 0 atom stereocenters. The van der Waals surface area contributed by atoms with E-state index in [1.165, 1.54) is 0 Å². The van der Waals surface area contributed by atoms with E-state index in [2.05, 4.69) is 28.2 Å². The lowest BCUT2D eigenvalue weighted by Gasteiger charge is -2.08. The average molecular weight is 274 g/mol. The van der Waals surface area contributed by atoms with Crippen LogP contribution in [0.3, 0.4) is 0 Å². The van der Waals surface area contributed by atoms with Crippen molar-refractivity contribution in [2.75, 3.05) is 0 Å². The molecule has 102 valence electrons. The summed E-state index contributed by atoms with van der Waals surface area (Å²) in [6.07, 6.45) is 3.75. The van der Waals surface area contributed by atoms with Gasteiger partial charge in [-0.2, -0.15) is 0 Å². The zero-order valence-electron chi connectivity index (χ0n) is 11.4. The Morgan fingerprint density at radius 1 is 0.952 bits per heavy atom. The van der Waals surface area contributed by atoms with Gasteiger partial charge in [0.05, 0.1) is 5.52 Å². The molecule has 4 aromatic rings. The van der Waals surface area contributed by atoms with Crippen LogP contribution in [0.25, 0.3) is 21.8 Å². The summed E-state index contributed by atoms with van der Waals surface area (Å²) in [5.74, 6) is 0.870. The van der Waals surface area contributed by atoms with Crippen LogP contribution in [0.5, 0.6) is 5.75 Å². The van der Waals surface area contributed by atoms with Gasteiger partial charge in [-0.05, 0) is 30.3 Å². The summed E-state index contributed by atoms with van der Waals surface area (Å²) in [6.45, 7) is 0.518. The summed E-state index contributed by atoms with van der Waals surface area (Å²) >= 11 is 0. The molecule has 3 heteroatoms. The fraction of sp³-hybridized carbons (Fsp3) is 0.0556. The lowest BCUT2D eigenvalue weighted by atomic mass is 10.1. The Labute approximate surface area is 122 Å². The Kier molecular flexibility index (Phi) is 2.82. The number of hydrogen-bond donors (Lipinski definition) is 1. The molecule has 2 aromatic heterocycles. The van der Waals surface area contributed by atoms with Crippen LogP contribution >= 0.6 is 0 Å². The minimum Gasteiger partial charge on any atom is -0.489 e. The van der Waals surface area contributed by atoms with Crippen LogP contribution < -0.4 is 4.74 Å². The van der Waals surface area contributed by atoms with E-state index in [9.17, 15) is 0 Å². The lowest BCUT2D eigenvalue weighted by Crippen LogP contribution is -1.97. The summed E-state index contributed by atoms with van der Waals surface area (Å²) in [5, 5.41) is 2.29. The number of pyridine rings is 1. The van der Waals surface area contributed by atoms with Crippen molar-refractivity contribution in [3.05, 3.63) is 72.6 Å². The monoisotopic (exact) mass is 274 g/mol. The molecule has 0 spiro atoms. The number of nitrogens with one attached hydrogen (secondary N) is 1. The molecule has 0 saturated carbocycles. The van der Waals surface area contributed by atoms with Gasteiger partial charge in [0, 0.05) is 34.2 Å². The normalized spacial score (nSPS) is 11.0. The molecule has 0 unspecified atom stereocenters. The van der Waals surface area contributed by atoms with Crippen LogP contribution in [0, 0.1) is 0 Å². The zero-order chi connectivity index (χ0) is 14.1. The molecule has 2 aromatic carbocycles. The van der Waals surface area contributed by atoms with Gasteiger partial charge in [0.25, 0.3) is 0 Å². The molecule has 1 N–H and O–H groups in total. The number of fused-ring (bicyclic) bond motifs is 2. The average Bonchev–Trinajstić information content (AvgIpc) is 3.00. The molecular weight excluding hydrogens is 260 g/mol. The summed E-state index contributed by atoms with van der Waals surface area (Å²) in [4.78, 5) is 7.63. The first-order valence-electron chi connectivity index (χ1n) is 6.93. The molecule has 0 amide bonds. The van der Waals surface area contributed by atoms with E-state index < -0.39 is 0 Å². The molecule has 0 aliphatic heterocycles. The van der Waals surface area contributed by atoms with Crippen LogP contribution in [0.2, 0.25) is 0 Å². The van der Waals surface area contributed by atoms with Gasteiger partial charge in [-0.1, -0.05) is 24.3 Å². The maximum absolute atomic E-state index is 5.92. The smallest absolute Gasteiger partial charge is 0.120 e. The summed E-state index contributed by atoms with van der Waals surface area (Å²) in [6, 6.07) is 18.3. The topological polar surface area (TPSA) is 37.9 Å². The summed E-state index contributed by atoms with van der Waals surface area (Å²) < 4.78 is 5.92.